The number of aliphatic hydroxyl groups excluding tert-OH is 9. The largest absolute Gasteiger partial charge is 0.494 e. The monoisotopic (exact) mass is 1140 g/mol. The van der Waals surface area contributed by atoms with Crippen LogP contribution in [-0.4, -0.2) is 238 Å². The lowest BCUT2D eigenvalue weighted by Crippen LogP contribution is -2.71. The van der Waals surface area contributed by atoms with Crippen LogP contribution in [-0.2, 0) is 62.1 Å². The highest BCUT2D eigenvalue weighted by molar-refractivity contribution is 7.80. The summed E-state index contributed by atoms with van der Waals surface area (Å²) >= 11 is 0. The number of carbonyl (C=O) groups excluding carboxylic acids is 4. The van der Waals surface area contributed by atoms with Crippen LogP contribution in [0.4, 0.5) is 0 Å². The molecule has 1 aromatic rings. The lowest BCUT2D eigenvalue weighted by Gasteiger charge is -2.51. The maximum atomic E-state index is 13.8. The van der Waals surface area contributed by atoms with E-state index in [1.165, 1.54) is 44.2 Å². The van der Waals surface area contributed by atoms with E-state index >= 15 is 0 Å². The van der Waals surface area contributed by atoms with Crippen LogP contribution in [0.5, 0.6) is 5.75 Å². The molecule has 20 atom stereocenters. The van der Waals surface area contributed by atoms with Gasteiger partial charge in [0.2, 0.25) is 17.7 Å². The van der Waals surface area contributed by atoms with E-state index in [0.29, 0.717) is 12.4 Å². The minimum absolute atomic E-state index is 0.0727. The molecule has 4 amide bonds. The number of carbonyl (C=O) groups is 4. The van der Waals surface area contributed by atoms with Gasteiger partial charge in [-0.3, -0.25) is 23.7 Å². The van der Waals surface area contributed by atoms with Crippen molar-refractivity contribution in [3.63, 3.8) is 0 Å². The summed E-state index contributed by atoms with van der Waals surface area (Å²) in [4.78, 5) is 51.1. The third-order valence-corrected chi connectivity index (χ3v) is 14.0. The normalized spacial score (nSPS) is 35.3. The zero-order chi connectivity index (χ0) is 57.4. The molecule has 78 heavy (non-hydrogen) atoms. The van der Waals surface area contributed by atoms with Gasteiger partial charge in [0.15, 0.2) is 25.2 Å². The van der Waals surface area contributed by atoms with Crippen LogP contribution in [0.2, 0.25) is 0 Å². The third kappa shape index (κ3) is 18.1. The molecule has 0 aromatic heterocycles. The molecule has 0 radical (unpaired) electrons. The van der Waals surface area contributed by atoms with E-state index in [-0.39, 0.29) is 5.56 Å². The van der Waals surface area contributed by atoms with Crippen molar-refractivity contribution >= 4 is 34.0 Å². The molecular formula is C48H78N4O25S. The molecule has 4 fully saturated rings. The second-order valence-corrected chi connectivity index (χ2v) is 20.7. The van der Waals surface area contributed by atoms with Crippen LogP contribution in [0.25, 0.3) is 0 Å². The first-order valence-corrected chi connectivity index (χ1v) is 27.3. The molecule has 446 valence electrons. The number of hydrogen-bond donors (Lipinski definition) is 14. The Morgan fingerprint density at radius 1 is 0.551 bits per heavy atom. The molecule has 5 rings (SSSR count). The maximum absolute atomic E-state index is 13.8. The van der Waals surface area contributed by atoms with Gasteiger partial charge in [-0.2, -0.15) is 8.42 Å². The van der Waals surface area contributed by atoms with E-state index in [4.69, 9.17) is 37.9 Å². The summed E-state index contributed by atoms with van der Waals surface area (Å²) in [5, 5.41) is 109. The van der Waals surface area contributed by atoms with Crippen molar-refractivity contribution in [1.82, 2.24) is 21.3 Å². The fraction of sp³-hybridized carbons (Fsp3) is 0.792. The van der Waals surface area contributed by atoms with Crippen molar-refractivity contribution < 1.29 is 120 Å². The standard InChI is InChI=1S/C48H78N4O25S/c1-5-6-7-8-9-10-11-12-13-17-69-27-16-14-15-26(18-27)44(64)52-33-37(60)36(59)28(19-53)72-46(33)75-41-29(20-54)73-47(34(39(41)62)50-24(3)57)76-42-30(21-55)74-48(35(40(42)63)51-25(4)58)77-43-31(22-70-78(66,67)68)71-45(65)32(38(43)61)49-23(2)56/h14-16,18,28-43,45-48,53-55,59-63,65H,5-13,17,19-22H2,1-4H3,(H,49,56)(H,50,57)(H,51,58)(H,52,64)(H,66,67,68)/t28?,29?,30?,31?,32?,33-,34?,35-,36+,37?,38?,39?,40+,41+,42?,43+,45?,46-,47?,48-/m0/s1. The molecule has 4 saturated heterocycles. The van der Waals surface area contributed by atoms with Crippen LogP contribution in [0.3, 0.4) is 0 Å². The van der Waals surface area contributed by atoms with E-state index in [1.54, 1.807) is 12.1 Å². The minimum atomic E-state index is -5.16. The molecule has 4 aliphatic heterocycles. The first-order valence-electron chi connectivity index (χ1n) is 26.0. The summed E-state index contributed by atoms with van der Waals surface area (Å²) in [7, 11) is -5.16. The number of unbranched alkanes of at least 4 members (excludes halogenated alkanes) is 8. The molecular weight excluding hydrogens is 1060 g/mol. The number of ether oxygens (including phenoxy) is 8. The van der Waals surface area contributed by atoms with Gasteiger partial charge in [-0.15, -0.1) is 0 Å². The van der Waals surface area contributed by atoms with Crippen LogP contribution in [0.1, 0.15) is 95.8 Å². The van der Waals surface area contributed by atoms with Crippen molar-refractivity contribution in [1.29, 1.82) is 0 Å². The van der Waals surface area contributed by atoms with Crippen molar-refractivity contribution in [2.45, 2.75) is 208 Å². The van der Waals surface area contributed by atoms with Crippen LogP contribution in [0, 0.1) is 0 Å². The van der Waals surface area contributed by atoms with E-state index in [9.17, 15) is 78.1 Å². The number of amides is 4. The quantitative estimate of drug-likeness (QED) is 0.0280. The number of hydrogen-bond acceptors (Lipinski definition) is 24. The molecule has 4 heterocycles. The molecule has 4 aliphatic rings. The van der Waals surface area contributed by atoms with Crippen LogP contribution >= 0.6 is 0 Å². The lowest BCUT2D eigenvalue weighted by atomic mass is 9.93. The highest BCUT2D eigenvalue weighted by atomic mass is 32.3. The van der Waals surface area contributed by atoms with E-state index < -0.39 is 183 Å². The molecule has 29 nitrogen and oxygen atoms in total. The average Bonchev–Trinajstić information content (AvgIpc) is 3.40. The SMILES string of the molecule is CCCCCCCCCCCOc1cccc(C(=O)N[C@H]2C(O)[C@H](O)C(CO)O[C@H]2O[C@@H]2C(CO)OC(OC3C(CO)O[C@@H](O[C@@H]4C(COS(=O)(=O)O)OC(O)C(NC(C)=O)C4O)[C@@H](NC(C)=O)[C@H]3O)C(NC(C)=O)C2O)c1. The predicted molar refractivity (Wildman–Crippen MR) is 264 cm³/mol. The van der Waals surface area contributed by atoms with Gasteiger partial charge in [-0.25, -0.2) is 4.18 Å². The second-order valence-electron chi connectivity index (χ2n) is 19.6. The predicted octanol–water partition coefficient (Wildman–Crippen LogP) is -4.14. The van der Waals surface area contributed by atoms with Crippen LogP contribution < -0.4 is 26.0 Å². The number of rotatable bonds is 28. The number of nitrogens with one attached hydrogen (secondary N) is 4. The van der Waals surface area contributed by atoms with Gasteiger partial charge in [0.1, 0.15) is 103 Å². The Balaban J connectivity index is 1.34. The van der Waals surface area contributed by atoms with Crippen molar-refractivity contribution in [2.24, 2.45) is 0 Å². The lowest BCUT2D eigenvalue weighted by molar-refractivity contribution is -0.361. The van der Waals surface area contributed by atoms with Gasteiger partial charge in [0, 0.05) is 26.3 Å². The maximum Gasteiger partial charge on any atom is 0.397 e. The summed E-state index contributed by atoms with van der Waals surface area (Å²) in [5.41, 5.74) is 0.0727. The van der Waals surface area contributed by atoms with Gasteiger partial charge in [0.05, 0.1) is 33.0 Å². The van der Waals surface area contributed by atoms with Crippen LogP contribution in [0.15, 0.2) is 24.3 Å². The fourth-order valence-corrected chi connectivity index (χ4v) is 9.95. The van der Waals surface area contributed by atoms with Crippen molar-refractivity contribution in [3.05, 3.63) is 29.8 Å². The third-order valence-electron chi connectivity index (χ3n) is 13.6. The number of aliphatic hydroxyl groups is 9. The Morgan fingerprint density at radius 2 is 0.987 bits per heavy atom. The van der Waals surface area contributed by atoms with E-state index in [1.807, 2.05) is 0 Å². The zero-order valence-corrected chi connectivity index (χ0v) is 44.6. The first-order chi connectivity index (χ1) is 37.0. The molecule has 0 aliphatic carbocycles. The van der Waals surface area contributed by atoms with Gasteiger partial charge in [0.25, 0.3) is 5.91 Å². The van der Waals surface area contributed by atoms with Gasteiger partial charge in [-0.1, -0.05) is 64.4 Å². The first kappa shape index (κ1) is 64.9. The van der Waals surface area contributed by atoms with Gasteiger partial charge < -0.3 is 105 Å². The van der Waals surface area contributed by atoms with Gasteiger partial charge in [-0.05, 0) is 24.6 Å². The van der Waals surface area contributed by atoms with Crippen molar-refractivity contribution in [2.75, 3.05) is 33.0 Å². The highest BCUT2D eigenvalue weighted by Gasteiger charge is 2.56. The summed E-state index contributed by atoms with van der Waals surface area (Å²) in [6.45, 7) is 1.68. The summed E-state index contributed by atoms with van der Waals surface area (Å²) in [5.74, 6) is -2.81. The summed E-state index contributed by atoms with van der Waals surface area (Å²) in [6, 6.07) is -0.593. The Labute approximate surface area is 451 Å². The molecule has 1 aromatic carbocycles. The molecule has 30 heteroatoms. The molecule has 12 unspecified atom stereocenters. The smallest absolute Gasteiger partial charge is 0.397 e. The Bertz CT molecular complexity index is 2170. The average molecular weight is 1140 g/mol. The topological polar surface area (TPSA) is 436 Å². The van der Waals surface area contributed by atoms with E-state index in [2.05, 4.69) is 32.4 Å². The zero-order valence-electron chi connectivity index (χ0n) is 43.8. The molecule has 0 bridgehead atoms. The van der Waals surface area contributed by atoms with E-state index in [0.717, 1.165) is 46.5 Å². The molecule has 0 spiro atoms. The summed E-state index contributed by atoms with van der Waals surface area (Å²) in [6.07, 6.45) is -19.4. The Kier molecular flexibility index (Phi) is 25.7. The van der Waals surface area contributed by atoms with Crippen molar-refractivity contribution in [3.8, 4) is 5.75 Å². The molecule has 0 saturated carbocycles. The summed E-state index contributed by atoms with van der Waals surface area (Å²) < 4.78 is 84.0. The Hall–Kier alpha value is -3.87. The Morgan fingerprint density at radius 3 is 1.46 bits per heavy atom. The minimum Gasteiger partial charge on any atom is -0.494 e. The fourth-order valence-electron chi connectivity index (χ4n) is 9.64. The van der Waals surface area contributed by atoms with Gasteiger partial charge >= 0.3 is 10.4 Å². The second kappa shape index (κ2) is 30.8. The highest BCUT2D eigenvalue weighted by Crippen LogP contribution is 2.35. The molecule has 14 N–H and O–H groups in total. The number of benzene rings is 1.